The van der Waals surface area contributed by atoms with E-state index in [9.17, 15) is 0 Å². The predicted octanol–water partition coefficient (Wildman–Crippen LogP) is 1.22. The normalized spacial score (nSPS) is 12.8. The maximum absolute atomic E-state index is 4.15. The van der Waals surface area contributed by atoms with Crippen LogP contribution >= 0.6 is 0 Å². The number of hydrogen-bond donors (Lipinski definition) is 1. The summed E-state index contributed by atoms with van der Waals surface area (Å²) in [6.07, 6.45) is 5.63. The third-order valence-corrected chi connectivity index (χ3v) is 1.70. The molecule has 0 amide bonds. The number of aromatic nitrogens is 2. The molecule has 0 aliphatic carbocycles. The van der Waals surface area contributed by atoms with Crippen LogP contribution in [-0.4, -0.2) is 22.9 Å². The first kappa shape index (κ1) is 9.00. The van der Waals surface area contributed by atoms with Crippen molar-refractivity contribution < 1.29 is 0 Å². The molecule has 0 spiro atoms. The Balaban J connectivity index is 2.29. The van der Waals surface area contributed by atoms with Gasteiger partial charge in [-0.3, -0.25) is 4.68 Å². The van der Waals surface area contributed by atoms with E-state index in [-0.39, 0.29) is 0 Å². The second-order valence-electron chi connectivity index (χ2n) is 2.78. The Kier molecular flexibility index (Phi) is 3.54. The van der Waals surface area contributed by atoms with Gasteiger partial charge >= 0.3 is 0 Å². The Hall–Kier alpha value is -1.09. The fourth-order valence-corrected chi connectivity index (χ4v) is 1.03. The van der Waals surface area contributed by atoms with Gasteiger partial charge in [0.05, 0.1) is 6.04 Å². The topological polar surface area (TPSA) is 29.9 Å². The molecule has 66 valence electrons. The van der Waals surface area contributed by atoms with Crippen molar-refractivity contribution in [2.24, 2.45) is 0 Å². The molecule has 0 fully saturated rings. The highest BCUT2D eigenvalue weighted by atomic mass is 15.3. The van der Waals surface area contributed by atoms with E-state index in [0.717, 1.165) is 13.1 Å². The molecule has 1 unspecified atom stereocenters. The summed E-state index contributed by atoms with van der Waals surface area (Å²) in [6, 6.07) is 2.34. The first-order valence-corrected chi connectivity index (χ1v) is 4.15. The lowest BCUT2D eigenvalue weighted by Crippen LogP contribution is -2.23. The average molecular weight is 165 g/mol. The number of nitrogens with zero attached hydrogens (tertiary/aromatic N) is 2. The lowest BCUT2D eigenvalue weighted by Gasteiger charge is -2.11. The van der Waals surface area contributed by atoms with Crippen LogP contribution in [0.4, 0.5) is 0 Å². The van der Waals surface area contributed by atoms with E-state index < -0.39 is 0 Å². The van der Waals surface area contributed by atoms with Crippen molar-refractivity contribution in [3.05, 3.63) is 31.1 Å². The van der Waals surface area contributed by atoms with Crippen molar-refractivity contribution in [1.82, 2.24) is 15.1 Å². The maximum Gasteiger partial charge on any atom is 0.0615 e. The minimum absolute atomic E-state index is 0.403. The van der Waals surface area contributed by atoms with Gasteiger partial charge in [-0.1, -0.05) is 6.08 Å². The summed E-state index contributed by atoms with van der Waals surface area (Å²) in [7, 11) is 0. The molecule has 0 saturated carbocycles. The van der Waals surface area contributed by atoms with Crippen molar-refractivity contribution >= 4 is 0 Å². The van der Waals surface area contributed by atoms with E-state index in [1.54, 1.807) is 6.20 Å². The summed E-state index contributed by atoms with van der Waals surface area (Å²) in [6.45, 7) is 7.54. The largest absolute Gasteiger partial charge is 0.311 e. The molecule has 1 rings (SSSR count). The van der Waals surface area contributed by atoms with Gasteiger partial charge in [0.15, 0.2) is 0 Å². The molecule has 3 nitrogen and oxygen atoms in total. The van der Waals surface area contributed by atoms with E-state index in [0.29, 0.717) is 6.04 Å². The molecule has 1 heterocycles. The van der Waals surface area contributed by atoms with Crippen LogP contribution in [0.5, 0.6) is 0 Å². The quantitative estimate of drug-likeness (QED) is 0.525. The molecule has 0 aliphatic heterocycles. The van der Waals surface area contributed by atoms with E-state index in [4.69, 9.17) is 0 Å². The Bertz CT molecular complexity index is 216. The fraction of sp³-hybridized carbons (Fsp3) is 0.444. The number of nitrogens with one attached hydrogen (secondary N) is 1. The Morgan fingerprint density at radius 2 is 2.58 bits per heavy atom. The lowest BCUT2D eigenvalue weighted by atomic mass is 10.3. The van der Waals surface area contributed by atoms with Crippen molar-refractivity contribution in [1.29, 1.82) is 0 Å². The van der Waals surface area contributed by atoms with Gasteiger partial charge in [0.1, 0.15) is 0 Å². The van der Waals surface area contributed by atoms with Gasteiger partial charge in [0.25, 0.3) is 0 Å². The molecule has 1 aromatic heterocycles. The minimum Gasteiger partial charge on any atom is -0.311 e. The van der Waals surface area contributed by atoms with Crippen LogP contribution in [0.25, 0.3) is 0 Å². The predicted molar refractivity (Wildman–Crippen MR) is 50.0 cm³/mol. The van der Waals surface area contributed by atoms with E-state index >= 15 is 0 Å². The molecule has 3 heteroatoms. The van der Waals surface area contributed by atoms with Crippen LogP contribution in [0.2, 0.25) is 0 Å². The molecule has 1 atom stereocenters. The first-order valence-electron chi connectivity index (χ1n) is 4.15. The molecule has 0 aliphatic rings. The van der Waals surface area contributed by atoms with Crippen LogP contribution in [0.3, 0.4) is 0 Å². The second kappa shape index (κ2) is 4.72. The summed E-state index contributed by atoms with van der Waals surface area (Å²) < 4.78 is 1.94. The van der Waals surface area contributed by atoms with Gasteiger partial charge < -0.3 is 5.32 Å². The molecule has 0 saturated heterocycles. The van der Waals surface area contributed by atoms with Crippen molar-refractivity contribution in [2.45, 2.75) is 13.0 Å². The highest BCUT2D eigenvalue weighted by Crippen LogP contribution is 1.99. The maximum atomic E-state index is 4.15. The van der Waals surface area contributed by atoms with Crippen molar-refractivity contribution in [3.8, 4) is 0 Å². The van der Waals surface area contributed by atoms with Gasteiger partial charge in [-0.15, -0.1) is 6.58 Å². The van der Waals surface area contributed by atoms with Crippen LogP contribution in [0, 0.1) is 0 Å². The van der Waals surface area contributed by atoms with Crippen LogP contribution in [-0.2, 0) is 0 Å². The first-order chi connectivity index (χ1) is 5.84. The van der Waals surface area contributed by atoms with E-state index in [2.05, 4.69) is 23.9 Å². The van der Waals surface area contributed by atoms with E-state index in [1.165, 1.54) is 0 Å². The zero-order chi connectivity index (χ0) is 8.81. The van der Waals surface area contributed by atoms with Gasteiger partial charge in [0, 0.05) is 25.5 Å². The summed E-state index contributed by atoms with van der Waals surface area (Å²) >= 11 is 0. The fourth-order valence-electron chi connectivity index (χ4n) is 1.03. The van der Waals surface area contributed by atoms with Crippen LogP contribution in [0.15, 0.2) is 31.1 Å². The number of rotatable bonds is 5. The summed E-state index contributed by atoms with van der Waals surface area (Å²) in [4.78, 5) is 0. The second-order valence-corrected chi connectivity index (χ2v) is 2.78. The van der Waals surface area contributed by atoms with Crippen molar-refractivity contribution in [3.63, 3.8) is 0 Å². The Morgan fingerprint density at radius 1 is 1.75 bits per heavy atom. The number of hydrogen-bond acceptors (Lipinski definition) is 2. The zero-order valence-electron chi connectivity index (χ0n) is 7.40. The third kappa shape index (κ3) is 2.51. The molecule has 0 radical (unpaired) electrons. The standard InChI is InChI=1S/C9H15N3/c1-3-5-10-8-9(2)12-7-4-6-11-12/h3-4,6-7,9-10H,1,5,8H2,2H3. The van der Waals surface area contributed by atoms with Gasteiger partial charge in [-0.2, -0.15) is 5.10 Å². The zero-order valence-corrected chi connectivity index (χ0v) is 7.40. The smallest absolute Gasteiger partial charge is 0.0615 e. The van der Waals surface area contributed by atoms with Crippen LogP contribution in [0.1, 0.15) is 13.0 Å². The SMILES string of the molecule is C=CCNCC(C)n1cccn1. The van der Waals surface area contributed by atoms with Crippen molar-refractivity contribution in [2.75, 3.05) is 13.1 Å². The molecule has 1 aromatic rings. The molecular formula is C9H15N3. The highest BCUT2D eigenvalue weighted by Gasteiger charge is 2.01. The summed E-state index contributed by atoms with van der Waals surface area (Å²) in [5, 5.41) is 7.39. The lowest BCUT2D eigenvalue weighted by molar-refractivity contribution is 0.464. The monoisotopic (exact) mass is 165 g/mol. The molecule has 12 heavy (non-hydrogen) atoms. The summed E-state index contributed by atoms with van der Waals surface area (Å²) in [5.74, 6) is 0. The molecule has 1 N–H and O–H groups in total. The average Bonchev–Trinajstić information content (AvgIpc) is 2.56. The Morgan fingerprint density at radius 3 is 3.17 bits per heavy atom. The highest BCUT2D eigenvalue weighted by molar-refractivity contribution is 4.81. The third-order valence-electron chi connectivity index (χ3n) is 1.70. The van der Waals surface area contributed by atoms with Gasteiger partial charge in [-0.25, -0.2) is 0 Å². The Labute approximate surface area is 73.1 Å². The van der Waals surface area contributed by atoms with Gasteiger partial charge in [0.2, 0.25) is 0 Å². The summed E-state index contributed by atoms with van der Waals surface area (Å²) in [5.41, 5.74) is 0. The minimum atomic E-state index is 0.403. The molecular weight excluding hydrogens is 150 g/mol. The van der Waals surface area contributed by atoms with E-state index in [1.807, 2.05) is 23.0 Å². The molecule has 0 aromatic carbocycles. The molecule has 0 bridgehead atoms. The van der Waals surface area contributed by atoms with Gasteiger partial charge in [-0.05, 0) is 13.0 Å². The van der Waals surface area contributed by atoms with Crippen LogP contribution < -0.4 is 5.32 Å².